The number of fused-ring (bicyclic) bond motifs is 1. The maximum absolute atomic E-state index is 15.0. The highest BCUT2D eigenvalue weighted by molar-refractivity contribution is 7.90. The Balaban J connectivity index is 1.78. The summed E-state index contributed by atoms with van der Waals surface area (Å²) in [5, 5.41) is 20.3. The smallest absolute Gasteiger partial charge is 0.268 e. The first kappa shape index (κ1) is 32.1. The van der Waals surface area contributed by atoms with E-state index in [0.717, 1.165) is 28.2 Å². The number of aromatic nitrogens is 1. The van der Waals surface area contributed by atoms with Crippen molar-refractivity contribution in [3.8, 4) is 39.6 Å². The third-order valence-electron chi connectivity index (χ3n) is 7.82. The van der Waals surface area contributed by atoms with Crippen molar-refractivity contribution in [2.75, 3.05) is 0 Å². The van der Waals surface area contributed by atoms with Crippen molar-refractivity contribution < 1.29 is 26.7 Å². The molecule has 1 N–H and O–H groups in total. The molecule has 11 heteroatoms. The number of aliphatic hydroxyl groups is 1. The topological polar surface area (TPSA) is 87.4 Å². The lowest BCUT2D eigenvalue weighted by Gasteiger charge is -2.16. The molecule has 5 aromatic carbocycles. The lowest BCUT2D eigenvalue weighted by Crippen LogP contribution is -2.15. The fourth-order valence-corrected chi connectivity index (χ4v) is 7.56. The van der Waals surface area contributed by atoms with Crippen LogP contribution in [0, 0.1) is 23.7 Å². The zero-order chi connectivity index (χ0) is 34.3. The quantitative estimate of drug-likeness (QED) is 0.134. The van der Waals surface area contributed by atoms with Gasteiger partial charge in [0.2, 0.25) is 0 Å². The second-order valence-electron chi connectivity index (χ2n) is 10.7. The number of aliphatic hydroxyl groups excluding tert-OH is 1. The van der Waals surface area contributed by atoms with E-state index in [1.807, 2.05) is 0 Å². The van der Waals surface area contributed by atoms with Crippen LogP contribution < -0.4 is 0 Å². The van der Waals surface area contributed by atoms with Crippen molar-refractivity contribution in [1.82, 2.24) is 3.97 Å². The molecule has 0 saturated heterocycles. The van der Waals surface area contributed by atoms with Crippen molar-refractivity contribution in [3.63, 3.8) is 0 Å². The summed E-state index contributed by atoms with van der Waals surface area (Å²) < 4.78 is 72.7. The van der Waals surface area contributed by atoms with E-state index in [1.165, 1.54) is 42.5 Å². The Bertz CT molecular complexity index is 2460. The first-order chi connectivity index (χ1) is 23.0. The van der Waals surface area contributed by atoms with Crippen LogP contribution in [0.2, 0.25) is 5.02 Å². The lowest BCUT2D eigenvalue weighted by atomic mass is 9.92. The third-order valence-corrected chi connectivity index (χ3v) is 9.84. The molecule has 0 fully saturated rings. The lowest BCUT2D eigenvalue weighted by molar-refractivity contribution is 0.151. The number of alkyl halides is 2. The Morgan fingerprint density at radius 3 is 2.35 bits per heavy atom. The molecule has 0 saturated carbocycles. The van der Waals surface area contributed by atoms with Gasteiger partial charge in [0, 0.05) is 49.4 Å². The Kier molecular flexibility index (Phi) is 8.32. The predicted octanol–water partition coefficient (Wildman–Crippen LogP) is 10.6. The van der Waals surface area contributed by atoms with Crippen molar-refractivity contribution in [2.45, 2.75) is 11.3 Å². The third kappa shape index (κ3) is 5.47. The molecular formula is C37H21ClF3N3O3S. The van der Waals surface area contributed by atoms with E-state index in [4.69, 9.17) is 18.2 Å². The SMILES string of the molecule is [C-]#[N+]c1cccc(C#N)c1-c1c(-c2cccc(-c3ccc(C(=C)O)cc3Cl)c2)n(S(=O)(=O)c2cccc(C(F)F)c2)c2ccc(F)cc12. The minimum absolute atomic E-state index is 0.00901. The summed E-state index contributed by atoms with van der Waals surface area (Å²) in [5.41, 5.74) is 1.33. The molecule has 6 rings (SSSR count). The molecule has 0 aliphatic heterocycles. The average molecular weight is 680 g/mol. The number of hydrogen-bond acceptors (Lipinski definition) is 4. The van der Waals surface area contributed by atoms with Gasteiger partial charge in [0.25, 0.3) is 16.4 Å². The summed E-state index contributed by atoms with van der Waals surface area (Å²) in [6.45, 7) is 11.4. The van der Waals surface area contributed by atoms with Gasteiger partial charge in [0.05, 0.1) is 28.7 Å². The zero-order valence-corrected chi connectivity index (χ0v) is 26.2. The van der Waals surface area contributed by atoms with E-state index in [1.54, 1.807) is 36.4 Å². The normalized spacial score (nSPS) is 11.4. The highest BCUT2D eigenvalue weighted by Crippen LogP contribution is 2.48. The van der Waals surface area contributed by atoms with Gasteiger partial charge in [-0.25, -0.2) is 30.4 Å². The van der Waals surface area contributed by atoms with E-state index in [-0.39, 0.29) is 55.3 Å². The largest absolute Gasteiger partial charge is 0.508 e. The van der Waals surface area contributed by atoms with Gasteiger partial charge in [-0.2, -0.15) is 5.26 Å². The van der Waals surface area contributed by atoms with Gasteiger partial charge in [-0.15, -0.1) is 0 Å². The Morgan fingerprint density at radius 2 is 1.67 bits per heavy atom. The molecule has 6 nitrogen and oxygen atoms in total. The minimum Gasteiger partial charge on any atom is -0.508 e. The molecule has 0 unspecified atom stereocenters. The van der Waals surface area contributed by atoms with Crippen LogP contribution >= 0.6 is 11.6 Å². The summed E-state index contributed by atoms with van der Waals surface area (Å²) >= 11 is 6.59. The van der Waals surface area contributed by atoms with Gasteiger partial charge < -0.3 is 5.11 Å². The molecule has 48 heavy (non-hydrogen) atoms. The minimum atomic E-state index is -4.70. The fourth-order valence-electron chi connectivity index (χ4n) is 5.67. The number of hydrogen-bond donors (Lipinski definition) is 1. The molecule has 0 radical (unpaired) electrons. The summed E-state index contributed by atoms with van der Waals surface area (Å²) in [5.74, 6) is -0.902. The molecule has 1 aromatic heterocycles. The number of nitrogens with zero attached hydrogens (tertiary/aromatic N) is 3. The second-order valence-corrected chi connectivity index (χ2v) is 12.9. The summed E-state index contributed by atoms with van der Waals surface area (Å²) in [7, 11) is -4.70. The van der Waals surface area contributed by atoms with Crippen molar-refractivity contribution in [3.05, 3.63) is 149 Å². The van der Waals surface area contributed by atoms with Crippen molar-refractivity contribution in [1.29, 1.82) is 5.26 Å². The van der Waals surface area contributed by atoms with Gasteiger partial charge >= 0.3 is 0 Å². The predicted molar refractivity (Wildman–Crippen MR) is 180 cm³/mol. The molecule has 0 spiro atoms. The molecule has 0 aliphatic rings. The monoisotopic (exact) mass is 679 g/mol. The molecule has 0 amide bonds. The first-order valence-corrected chi connectivity index (χ1v) is 15.9. The zero-order valence-electron chi connectivity index (χ0n) is 24.6. The molecule has 1 heterocycles. The fraction of sp³-hybridized carbons (Fsp3) is 0.0270. The average Bonchev–Trinajstić information content (AvgIpc) is 3.42. The van der Waals surface area contributed by atoms with Crippen LogP contribution in [0.25, 0.3) is 55.0 Å². The van der Waals surface area contributed by atoms with Crippen molar-refractivity contribution >= 4 is 44.0 Å². The number of nitriles is 1. The van der Waals surface area contributed by atoms with Crippen LogP contribution in [0.1, 0.15) is 23.1 Å². The van der Waals surface area contributed by atoms with Crippen LogP contribution in [0.5, 0.6) is 0 Å². The van der Waals surface area contributed by atoms with E-state index in [0.29, 0.717) is 16.7 Å². The van der Waals surface area contributed by atoms with Crippen LogP contribution in [-0.2, 0) is 10.0 Å². The van der Waals surface area contributed by atoms with E-state index in [2.05, 4.69) is 17.5 Å². The maximum Gasteiger partial charge on any atom is 0.268 e. The second kappa shape index (κ2) is 12.4. The molecule has 0 atom stereocenters. The molecular weight excluding hydrogens is 659 g/mol. The molecule has 0 aliphatic carbocycles. The van der Waals surface area contributed by atoms with Gasteiger partial charge in [0.15, 0.2) is 5.69 Å². The molecule has 0 bridgehead atoms. The summed E-state index contributed by atoms with van der Waals surface area (Å²) in [6, 6.07) is 25.7. The molecule has 236 valence electrons. The van der Waals surface area contributed by atoms with E-state index >= 15 is 4.39 Å². The standard InChI is InChI=1S/C37H21ClF3N3O3S/c1-21(45)22-12-14-29(31(38)18-22)23-6-3-7-24(16-23)36-35(34-26(20-42)9-5-11-32(34)43-2)30-19-27(39)13-15-33(30)44(36)48(46,47)28-10-4-8-25(17-28)37(40)41/h3-19,37,45H,1H2. The number of benzene rings is 5. The van der Waals surface area contributed by atoms with Gasteiger partial charge in [-0.05, 0) is 54.1 Å². The Hall–Kier alpha value is -5.81. The Morgan fingerprint density at radius 1 is 0.938 bits per heavy atom. The number of rotatable bonds is 7. The van der Waals surface area contributed by atoms with Gasteiger partial charge in [0.1, 0.15) is 11.6 Å². The highest BCUT2D eigenvalue weighted by atomic mass is 35.5. The van der Waals surface area contributed by atoms with Crippen LogP contribution in [0.4, 0.5) is 18.9 Å². The molecule has 6 aromatic rings. The van der Waals surface area contributed by atoms with Crippen molar-refractivity contribution in [2.24, 2.45) is 0 Å². The van der Waals surface area contributed by atoms with E-state index < -0.39 is 32.7 Å². The van der Waals surface area contributed by atoms with Gasteiger partial charge in [-0.3, -0.25) is 0 Å². The van der Waals surface area contributed by atoms with Gasteiger partial charge in [-0.1, -0.05) is 72.8 Å². The first-order valence-electron chi connectivity index (χ1n) is 14.1. The highest BCUT2D eigenvalue weighted by Gasteiger charge is 2.31. The number of halogens is 4. The van der Waals surface area contributed by atoms with Crippen LogP contribution in [-0.4, -0.2) is 17.5 Å². The summed E-state index contributed by atoms with van der Waals surface area (Å²) in [4.78, 5) is 3.15. The van der Waals surface area contributed by atoms with E-state index in [9.17, 15) is 27.6 Å². The maximum atomic E-state index is 15.0. The van der Waals surface area contributed by atoms with Crippen LogP contribution in [0.3, 0.4) is 0 Å². The van der Waals surface area contributed by atoms with Crippen LogP contribution in [0.15, 0.2) is 115 Å². The summed E-state index contributed by atoms with van der Waals surface area (Å²) in [6.07, 6.45) is -2.95. The Labute approximate surface area is 278 Å².